The molecule has 4 heteroatoms. The Labute approximate surface area is 94.9 Å². The molecular weight excluding hydrogens is 206 g/mol. The fourth-order valence-corrected chi connectivity index (χ4v) is 1.97. The average molecular weight is 223 g/mol. The van der Waals surface area contributed by atoms with Gasteiger partial charge in [0.1, 0.15) is 5.75 Å². The number of rotatable bonds is 3. The van der Waals surface area contributed by atoms with Crippen LogP contribution in [-0.4, -0.2) is 35.6 Å². The summed E-state index contributed by atoms with van der Waals surface area (Å²) in [5, 5.41) is 22.5. The van der Waals surface area contributed by atoms with Crippen molar-refractivity contribution in [2.75, 3.05) is 13.2 Å². The van der Waals surface area contributed by atoms with E-state index in [1.165, 1.54) is 0 Å². The van der Waals surface area contributed by atoms with Gasteiger partial charge in [-0.1, -0.05) is 18.2 Å². The van der Waals surface area contributed by atoms with Gasteiger partial charge in [-0.25, -0.2) is 0 Å². The van der Waals surface area contributed by atoms with E-state index >= 15 is 0 Å². The second kappa shape index (κ2) is 4.82. The largest absolute Gasteiger partial charge is 0.508 e. The fraction of sp³-hybridized carbons (Fsp3) is 0.500. The first-order chi connectivity index (χ1) is 7.68. The lowest BCUT2D eigenvalue weighted by Crippen LogP contribution is -2.40. The predicted octanol–water partition coefficient (Wildman–Crippen LogP) is 0.802. The molecule has 2 rings (SSSR count). The molecule has 1 heterocycles. The summed E-state index contributed by atoms with van der Waals surface area (Å²) in [6.07, 6.45) is -0.465. The van der Waals surface area contributed by atoms with Crippen LogP contribution in [0.1, 0.15) is 18.5 Å². The Bertz CT molecular complexity index is 356. The van der Waals surface area contributed by atoms with E-state index in [-0.39, 0.29) is 17.8 Å². The van der Waals surface area contributed by atoms with Crippen molar-refractivity contribution in [3.8, 4) is 5.75 Å². The van der Waals surface area contributed by atoms with Gasteiger partial charge in [0.15, 0.2) is 0 Å². The quantitative estimate of drug-likeness (QED) is 0.709. The summed E-state index contributed by atoms with van der Waals surface area (Å²) in [6.45, 7) is 2.85. The molecule has 1 saturated heterocycles. The number of nitrogens with one attached hydrogen (secondary N) is 1. The Hall–Kier alpha value is -1.10. The molecule has 0 amide bonds. The number of phenols is 1. The molecule has 3 unspecified atom stereocenters. The van der Waals surface area contributed by atoms with Crippen LogP contribution in [0.5, 0.6) is 5.75 Å². The number of benzene rings is 1. The molecular formula is C12H17NO3. The summed E-state index contributed by atoms with van der Waals surface area (Å²) in [5.74, 6) is 0.274. The minimum atomic E-state index is -0.465. The molecule has 0 saturated carbocycles. The molecule has 4 nitrogen and oxygen atoms in total. The van der Waals surface area contributed by atoms with E-state index in [2.05, 4.69) is 5.32 Å². The maximum atomic E-state index is 9.69. The number of ether oxygens (including phenoxy) is 1. The van der Waals surface area contributed by atoms with Crippen LogP contribution in [0.15, 0.2) is 24.3 Å². The molecule has 3 N–H and O–H groups in total. The molecule has 88 valence electrons. The Balaban J connectivity index is 2.03. The van der Waals surface area contributed by atoms with E-state index in [0.717, 1.165) is 5.56 Å². The zero-order valence-corrected chi connectivity index (χ0v) is 9.26. The van der Waals surface area contributed by atoms with Crippen molar-refractivity contribution in [3.05, 3.63) is 29.8 Å². The van der Waals surface area contributed by atoms with Crippen molar-refractivity contribution in [1.29, 1.82) is 0 Å². The summed E-state index contributed by atoms with van der Waals surface area (Å²) < 4.78 is 5.16. The average Bonchev–Trinajstić information content (AvgIpc) is 2.65. The Kier molecular flexibility index (Phi) is 3.43. The first kappa shape index (κ1) is 11.4. The molecule has 1 fully saturated rings. The maximum Gasteiger partial charge on any atom is 0.120 e. The predicted molar refractivity (Wildman–Crippen MR) is 60.3 cm³/mol. The highest BCUT2D eigenvalue weighted by atomic mass is 16.5. The minimum absolute atomic E-state index is 0.0115. The third-order valence-corrected chi connectivity index (χ3v) is 2.92. The summed E-state index contributed by atoms with van der Waals surface area (Å²) >= 11 is 0. The van der Waals surface area contributed by atoms with Gasteiger partial charge in [0.2, 0.25) is 0 Å². The highest BCUT2D eigenvalue weighted by Gasteiger charge is 2.27. The van der Waals surface area contributed by atoms with Gasteiger partial charge in [-0.15, -0.1) is 0 Å². The SMILES string of the molecule is CC(NC1COCC1O)c1ccccc1O. The molecule has 3 atom stereocenters. The van der Waals surface area contributed by atoms with Gasteiger partial charge in [0, 0.05) is 11.6 Å². The third kappa shape index (κ3) is 2.35. The van der Waals surface area contributed by atoms with Crippen LogP contribution in [-0.2, 0) is 4.74 Å². The Morgan fingerprint density at radius 2 is 2.12 bits per heavy atom. The van der Waals surface area contributed by atoms with Gasteiger partial charge in [-0.3, -0.25) is 0 Å². The van der Waals surface area contributed by atoms with Gasteiger partial charge in [0.25, 0.3) is 0 Å². The van der Waals surface area contributed by atoms with Crippen molar-refractivity contribution < 1.29 is 14.9 Å². The number of aliphatic hydroxyl groups excluding tert-OH is 1. The van der Waals surface area contributed by atoms with E-state index in [1.807, 2.05) is 19.1 Å². The lowest BCUT2D eigenvalue weighted by Gasteiger charge is -2.21. The van der Waals surface area contributed by atoms with Crippen LogP contribution < -0.4 is 5.32 Å². The minimum Gasteiger partial charge on any atom is -0.508 e. The molecule has 1 aliphatic heterocycles. The summed E-state index contributed by atoms with van der Waals surface area (Å²) in [7, 11) is 0. The second-order valence-corrected chi connectivity index (χ2v) is 4.16. The van der Waals surface area contributed by atoms with Crippen LogP contribution in [0.2, 0.25) is 0 Å². The van der Waals surface area contributed by atoms with E-state index in [9.17, 15) is 10.2 Å². The number of aromatic hydroxyl groups is 1. The lowest BCUT2D eigenvalue weighted by molar-refractivity contribution is 0.121. The third-order valence-electron chi connectivity index (χ3n) is 2.92. The van der Waals surface area contributed by atoms with Gasteiger partial charge >= 0.3 is 0 Å². The molecule has 0 bridgehead atoms. The smallest absolute Gasteiger partial charge is 0.120 e. The first-order valence-electron chi connectivity index (χ1n) is 5.48. The van der Waals surface area contributed by atoms with Gasteiger partial charge < -0.3 is 20.3 Å². The lowest BCUT2D eigenvalue weighted by atomic mass is 10.1. The molecule has 0 aliphatic carbocycles. The van der Waals surface area contributed by atoms with Gasteiger partial charge in [-0.05, 0) is 13.0 Å². The molecule has 1 aliphatic rings. The van der Waals surface area contributed by atoms with Crippen LogP contribution in [0.25, 0.3) is 0 Å². The van der Waals surface area contributed by atoms with E-state index in [4.69, 9.17) is 4.74 Å². The monoisotopic (exact) mass is 223 g/mol. The number of hydrogen-bond acceptors (Lipinski definition) is 4. The molecule has 16 heavy (non-hydrogen) atoms. The molecule has 0 aromatic heterocycles. The van der Waals surface area contributed by atoms with Crippen molar-refractivity contribution in [2.45, 2.75) is 25.1 Å². The van der Waals surface area contributed by atoms with Gasteiger partial charge in [-0.2, -0.15) is 0 Å². The first-order valence-corrected chi connectivity index (χ1v) is 5.48. The molecule has 0 radical (unpaired) electrons. The Morgan fingerprint density at radius 3 is 2.75 bits per heavy atom. The van der Waals surface area contributed by atoms with Crippen LogP contribution >= 0.6 is 0 Å². The second-order valence-electron chi connectivity index (χ2n) is 4.16. The number of para-hydroxylation sites is 1. The standard InChI is InChI=1S/C12H17NO3/c1-8(9-4-2-3-5-11(9)14)13-10-6-16-7-12(10)15/h2-5,8,10,12-15H,6-7H2,1H3. The topological polar surface area (TPSA) is 61.7 Å². The zero-order valence-electron chi connectivity index (χ0n) is 9.26. The Morgan fingerprint density at radius 1 is 1.38 bits per heavy atom. The molecule has 1 aromatic rings. The van der Waals surface area contributed by atoms with Crippen LogP contribution in [0.3, 0.4) is 0 Å². The molecule has 1 aromatic carbocycles. The van der Waals surface area contributed by atoms with Crippen LogP contribution in [0, 0.1) is 0 Å². The highest BCUT2D eigenvalue weighted by molar-refractivity contribution is 5.34. The molecule has 0 spiro atoms. The summed E-state index contributed by atoms with van der Waals surface area (Å²) in [5.41, 5.74) is 0.835. The van der Waals surface area contributed by atoms with E-state index in [0.29, 0.717) is 13.2 Å². The van der Waals surface area contributed by atoms with Crippen molar-refractivity contribution >= 4 is 0 Å². The number of phenolic OH excluding ortho intramolecular Hbond substituents is 1. The van der Waals surface area contributed by atoms with Gasteiger partial charge in [0.05, 0.1) is 25.4 Å². The van der Waals surface area contributed by atoms with E-state index < -0.39 is 6.10 Å². The van der Waals surface area contributed by atoms with Crippen molar-refractivity contribution in [2.24, 2.45) is 0 Å². The zero-order chi connectivity index (χ0) is 11.5. The number of aliphatic hydroxyl groups is 1. The summed E-state index contributed by atoms with van der Waals surface area (Å²) in [4.78, 5) is 0. The van der Waals surface area contributed by atoms with Crippen molar-refractivity contribution in [3.63, 3.8) is 0 Å². The van der Waals surface area contributed by atoms with E-state index in [1.54, 1.807) is 12.1 Å². The summed E-state index contributed by atoms with van der Waals surface area (Å²) in [6, 6.07) is 7.13. The highest BCUT2D eigenvalue weighted by Crippen LogP contribution is 2.24. The maximum absolute atomic E-state index is 9.69. The number of hydrogen-bond donors (Lipinski definition) is 3. The van der Waals surface area contributed by atoms with Crippen molar-refractivity contribution in [1.82, 2.24) is 5.32 Å². The van der Waals surface area contributed by atoms with Crippen LogP contribution in [0.4, 0.5) is 0 Å². The fourth-order valence-electron chi connectivity index (χ4n) is 1.97. The normalized spacial score (nSPS) is 26.9.